The Morgan fingerprint density at radius 3 is 3.06 bits per heavy atom. The highest BCUT2D eigenvalue weighted by Gasteiger charge is 2.29. The summed E-state index contributed by atoms with van der Waals surface area (Å²) in [6.07, 6.45) is 3.16. The van der Waals surface area contributed by atoms with Crippen molar-refractivity contribution in [3.05, 3.63) is 34.3 Å². The summed E-state index contributed by atoms with van der Waals surface area (Å²) in [4.78, 5) is 14.0. The number of nitrogens with zero attached hydrogens (tertiary/aromatic N) is 1. The average Bonchev–Trinajstić information content (AvgIpc) is 2.38. The number of rotatable bonds is 3. The zero-order valence-electron chi connectivity index (χ0n) is 10.6. The van der Waals surface area contributed by atoms with Crippen molar-refractivity contribution in [2.45, 2.75) is 31.8 Å². The number of carbonyl (C=O) groups excluding carboxylic acids is 1. The Labute approximate surface area is 116 Å². The number of hydrogen-bond donors (Lipinski definition) is 0. The van der Waals surface area contributed by atoms with Crippen LogP contribution in [0.25, 0.3) is 0 Å². The molecule has 1 unspecified atom stereocenters. The van der Waals surface area contributed by atoms with E-state index in [1.54, 1.807) is 0 Å². The van der Waals surface area contributed by atoms with E-state index in [1.165, 1.54) is 12.7 Å². The minimum absolute atomic E-state index is 0.0808. The molecule has 1 aromatic rings. The van der Waals surface area contributed by atoms with E-state index in [4.69, 9.17) is 4.74 Å². The molecule has 0 amide bonds. The molecule has 98 valence electrons. The first-order chi connectivity index (χ1) is 8.70. The molecule has 0 radical (unpaired) electrons. The number of carbonyl (C=O) groups is 1. The van der Waals surface area contributed by atoms with Crippen LogP contribution in [0.15, 0.2) is 28.7 Å². The summed E-state index contributed by atoms with van der Waals surface area (Å²) in [6.45, 7) is 1.77. The SMILES string of the molecule is COC(=O)C1CCCCN1Cc1cccc(Br)c1. The van der Waals surface area contributed by atoms with Gasteiger partial charge in [0.05, 0.1) is 7.11 Å². The number of likely N-dealkylation sites (tertiary alicyclic amines) is 1. The summed E-state index contributed by atoms with van der Waals surface area (Å²) < 4.78 is 5.97. The Morgan fingerprint density at radius 2 is 2.33 bits per heavy atom. The molecule has 0 aliphatic carbocycles. The Bertz CT molecular complexity index is 422. The third-order valence-corrected chi connectivity index (χ3v) is 3.85. The Morgan fingerprint density at radius 1 is 1.50 bits per heavy atom. The molecule has 1 fully saturated rings. The van der Waals surface area contributed by atoms with Gasteiger partial charge in [-0.1, -0.05) is 34.5 Å². The quantitative estimate of drug-likeness (QED) is 0.804. The van der Waals surface area contributed by atoms with Gasteiger partial charge in [0, 0.05) is 11.0 Å². The van der Waals surface area contributed by atoms with Crippen LogP contribution >= 0.6 is 15.9 Å². The lowest BCUT2D eigenvalue weighted by Gasteiger charge is -2.33. The Kier molecular flexibility index (Phi) is 4.78. The van der Waals surface area contributed by atoms with Crippen molar-refractivity contribution in [1.82, 2.24) is 4.90 Å². The summed E-state index contributed by atoms with van der Waals surface area (Å²) in [5, 5.41) is 0. The smallest absolute Gasteiger partial charge is 0.323 e. The number of halogens is 1. The van der Waals surface area contributed by atoms with Crippen molar-refractivity contribution < 1.29 is 9.53 Å². The molecule has 2 rings (SSSR count). The highest BCUT2D eigenvalue weighted by molar-refractivity contribution is 9.10. The molecule has 0 saturated carbocycles. The highest BCUT2D eigenvalue weighted by atomic mass is 79.9. The lowest BCUT2D eigenvalue weighted by Crippen LogP contribution is -2.44. The standard InChI is InChI=1S/C14H18BrNO2/c1-18-14(17)13-7-2-3-8-16(13)10-11-5-4-6-12(15)9-11/h4-6,9,13H,2-3,7-8,10H2,1H3. The fraction of sp³-hybridized carbons (Fsp3) is 0.500. The molecule has 1 saturated heterocycles. The second-order valence-corrected chi connectivity index (χ2v) is 5.55. The number of hydrogen-bond acceptors (Lipinski definition) is 3. The maximum absolute atomic E-state index is 11.8. The summed E-state index contributed by atoms with van der Waals surface area (Å²) in [7, 11) is 1.47. The number of benzene rings is 1. The molecule has 1 aliphatic rings. The van der Waals surface area contributed by atoms with Gasteiger partial charge in [-0.3, -0.25) is 9.69 Å². The van der Waals surface area contributed by atoms with E-state index < -0.39 is 0 Å². The maximum atomic E-state index is 11.8. The summed E-state index contributed by atoms with van der Waals surface area (Å²) in [5.74, 6) is -0.107. The fourth-order valence-electron chi connectivity index (χ4n) is 2.45. The third-order valence-electron chi connectivity index (χ3n) is 3.36. The number of methoxy groups -OCH3 is 1. The molecule has 18 heavy (non-hydrogen) atoms. The zero-order valence-corrected chi connectivity index (χ0v) is 12.1. The topological polar surface area (TPSA) is 29.5 Å². The maximum Gasteiger partial charge on any atom is 0.323 e. The zero-order chi connectivity index (χ0) is 13.0. The Balaban J connectivity index is 2.07. The second kappa shape index (κ2) is 6.34. The van der Waals surface area contributed by atoms with Crippen molar-refractivity contribution in [3.63, 3.8) is 0 Å². The van der Waals surface area contributed by atoms with Crippen LogP contribution in [0.5, 0.6) is 0 Å². The van der Waals surface area contributed by atoms with Crippen LogP contribution in [0, 0.1) is 0 Å². The first kappa shape index (κ1) is 13.6. The van der Waals surface area contributed by atoms with Gasteiger partial charge in [-0.15, -0.1) is 0 Å². The van der Waals surface area contributed by atoms with Crippen molar-refractivity contribution >= 4 is 21.9 Å². The summed E-state index contributed by atoms with van der Waals surface area (Å²) in [6, 6.07) is 8.15. The second-order valence-electron chi connectivity index (χ2n) is 4.64. The average molecular weight is 312 g/mol. The molecule has 0 bridgehead atoms. The molecule has 1 heterocycles. The van der Waals surface area contributed by atoms with E-state index in [2.05, 4.69) is 33.0 Å². The fourth-order valence-corrected chi connectivity index (χ4v) is 2.90. The van der Waals surface area contributed by atoms with Crippen LogP contribution < -0.4 is 0 Å². The van der Waals surface area contributed by atoms with Gasteiger partial charge < -0.3 is 4.74 Å². The van der Waals surface area contributed by atoms with Crippen LogP contribution in [-0.4, -0.2) is 30.6 Å². The Hall–Kier alpha value is -0.870. The monoisotopic (exact) mass is 311 g/mol. The molecule has 3 nitrogen and oxygen atoms in total. The molecular formula is C14H18BrNO2. The molecule has 0 aromatic heterocycles. The first-order valence-electron chi connectivity index (χ1n) is 6.27. The van der Waals surface area contributed by atoms with Gasteiger partial charge in [0.1, 0.15) is 6.04 Å². The minimum Gasteiger partial charge on any atom is -0.468 e. The van der Waals surface area contributed by atoms with Crippen LogP contribution in [0.2, 0.25) is 0 Å². The van der Waals surface area contributed by atoms with Crippen molar-refractivity contribution in [2.24, 2.45) is 0 Å². The predicted molar refractivity (Wildman–Crippen MR) is 74.2 cm³/mol. The highest BCUT2D eigenvalue weighted by Crippen LogP contribution is 2.21. The normalized spacial score (nSPS) is 20.7. The molecular weight excluding hydrogens is 294 g/mol. The minimum atomic E-state index is -0.107. The molecule has 0 N–H and O–H groups in total. The molecule has 1 aromatic carbocycles. The molecule has 1 atom stereocenters. The van der Waals surface area contributed by atoms with E-state index >= 15 is 0 Å². The number of piperidine rings is 1. The van der Waals surface area contributed by atoms with Crippen molar-refractivity contribution in [2.75, 3.05) is 13.7 Å². The van der Waals surface area contributed by atoms with Crippen molar-refractivity contribution in [1.29, 1.82) is 0 Å². The van der Waals surface area contributed by atoms with E-state index in [-0.39, 0.29) is 12.0 Å². The molecule has 4 heteroatoms. The van der Waals surface area contributed by atoms with Crippen LogP contribution in [0.1, 0.15) is 24.8 Å². The van der Waals surface area contributed by atoms with Gasteiger partial charge in [-0.2, -0.15) is 0 Å². The van der Waals surface area contributed by atoms with Crippen LogP contribution in [-0.2, 0) is 16.1 Å². The van der Waals surface area contributed by atoms with Gasteiger partial charge in [-0.05, 0) is 37.1 Å². The number of esters is 1. The van der Waals surface area contributed by atoms with Crippen LogP contribution in [0.3, 0.4) is 0 Å². The first-order valence-corrected chi connectivity index (χ1v) is 7.06. The van der Waals surface area contributed by atoms with Gasteiger partial charge in [0.2, 0.25) is 0 Å². The lowest BCUT2D eigenvalue weighted by molar-refractivity contribution is -0.148. The predicted octanol–water partition coefficient (Wildman–Crippen LogP) is 2.98. The van der Waals surface area contributed by atoms with Crippen molar-refractivity contribution in [3.8, 4) is 0 Å². The van der Waals surface area contributed by atoms with Gasteiger partial charge in [0.15, 0.2) is 0 Å². The molecule has 0 spiro atoms. The largest absolute Gasteiger partial charge is 0.468 e. The lowest BCUT2D eigenvalue weighted by atomic mass is 10.0. The van der Waals surface area contributed by atoms with Gasteiger partial charge in [-0.25, -0.2) is 0 Å². The van der Waals surface area contributed by atoms with E-state index in [9.17, 15) is 4.79 Å². The van der Waals surface area contributed by atoms with E-state index in [0.29, 0.717) is 0 Å². The number of ether oxygens (including phenoxy) is 1. The summed E-state index contributed by atoms with van der Waals surface area (Å²) in [5.41, 5.74) is 1.22. The third kappa shape index (κ3) is 3.33. The van der Waals surface area contributed by atoms with E-state index in [1.807, 2.05) is 12.1 Å². The van der Waals surface area contributed by atoms with Crippen LogP contribution in [0.4, 0.5) is 0 Å². The van der Waals surface area contributed by atoms with E-state index in [0.717, 1.165) is 36.8 Å². The molecule has 1 aliphatic heterocycles. The van der Waals surface area contributed by atoms with Gasteiger partial charge >= 0.3 is 5.97 Å². The summed E-state index contributed by atoms with van der Waals surface area (Å²) >= 11 is 3.47. The van der Waals surface area contributed by atoms with Gasteiger partial charge in [0.25, 0.3) is 0 Å².